The number of nitrogens with two attached hydrogens (primary N) is 1. The van der Waals surface area contributed by atoms with E-state index in [2.05, 4.69) is 41.5 Å². The van der Waals surface area contributed by atoms with Crippen molar-refractivity contribution < 1.29 is 4.79 Å². The van der Waals surface area contributed by atoms with Crippen LogP contribution in [0.4, 0.5) is 0 Å². The summed E-state index contributed by atoms with van der Waals surface area (Å²) in [6.45, 7) is 4.60. The van der Waals surface area contributed by atoms with Crippen LogP contribution in [0, 0.1) is 0 Å². The number of carbonyl (C=O) groups excluding carboxylic acids is 1. The van der Waals surface area contributed by atoms with Crippen LogP contribution in [0.3, 0.4) is 0 Å². The molecule has 0 fully saturated rings. The van der Waals surface area contributed by atoms with Gasteiger partial charge in [-0.2, -0.15) is 0 Å². The molecule has 0 aliphatic carbocycles. The minimum Gasteiger partial charge on any atom is -0.368 e. The van der Waals surface area contributed by atoms with Crippen molar-refractivity contribution in [2.45, 2.75) is 25.8 Å². The first kappa shape index (κ1) is 15.7. The topological polar surface area (TPSA) is 58.4 Å². The number of likely N-dealkylation sites (N-methyl/N-ethyl adjacent to an activating group) is 2. The molecule has 0 saturated heterocycles. The lowest BCUT2D eigenvalue weighted by Gasteiger charge is -2.20. The van der Waals surface area contributed by atoms with Crippen molar-refractivity contribution in [1.29, 1.82) is 0 Å². The van der Waals surface area contributed by atoms with Crippen LogP contribution in [0.15, 0.2) is 30.3 Å². The number of nitrogens with zero attached hydrogens (tertiary/aromatic N) is 1. The normalized spacial score (nSPS) is 12.6. The zero-order valence-corrected chi connectivity index (χ0v) is 11.9. The third-order valence-electron chi connectivity index (χ3n) is 3.22. The standard InChI is InChI=1S/C15H25N3O/c1-3-17-14(15(16)19)10-12-18(2)11-9-13-7-5-4-6-8-13/h4-8,14,17H,3,9-12H2,1-2H3,(H2,16,19). The van der Waals surface area contributed by atoms with Gasteiger partial charge in [0, 0.05) is 6.54 Å². The SMILES string of the molecule is CCNC(CCN(C)CCc1ccccc1)C(N)=O. The van der Waals surface area contributed by atoms with Gasteiger partial charge in [-0.15, -0.1) is 0 Å². The van der Waals surface area contributed by atoms with Crippen molar-refractivity contribution >= 4 is 5.91 Å². The maximum atomic E-state index is 11.2. The first-order chi connectivity index (χ1) is 9.13. The second-order valence-electron chi connectivity index (χ2n) is 4.84. The number of rotatable bonds is 9. The molecule has 0 aliphatic heterocycles. The Balaban J connectivity index is 2.27. The third kappa shape index (κ3) is 6.36. The van der Waals surface area contributed by atoms with E-state index in [9.17, 15) is 4.79 Å². The Kier molecular flexibility index (Phi) is 7.15. The van der Waals surface area contributed by atoms with E-state index in [1.54, 1.807) is 0 Å². The minimum absolute atomic E-state index is 0.218. The van der Waals surface area contributed by atoms with Gasteiger partial charge < -0.3 is 16.0 Å². The lowest BCUT2D eigenvalue weighted by Crippen LogP contribution is -2.43. The maximum absolute atomic E-state index is 11.2. The van der Waals surface area contributed by atoms with Crippen LogP contribution < -0.4 is 11.1 Å². The largest absolute Gasteiger partial charge is 0.368 e. The Morgan fingerprint density at radius 1 is 1.32 bits per heavy atom. The number of carbonyl (C=O) groups is 1. The summed E-state index contributed by atoms with van der Waals surface area (Å²) in [5.74, 6) is -0.265. The molecular formula is C15H25N3O. The van der Waals surface area contributed by atoms with E-state index in [1.165, 1.54) is 5.56 Å². The summed E-state index contributed by atoms with van der Waals surface area (Å²) in [6.07, 6.45) is 1.79. The Morgan fingerprint density at radius 2 is 2.00 bits per heavy atom. The summed E-state index contributed by atoms with van der Waals surface area (Å²) in [5.41, 5.74) is 6.69. The van der Waals surface area contributed by atoms with Crippen molar-refractivity contribution in [1.82, 2.24) is 10.2 Å². The van der Waals surface area contributed by atoms with Gasteiger partial charge in [-0.3, -0.25) is 4.79 Å². The molecule has 0 heterocycles. The molecule has 1 atom stereocenters. The summed E-state index contributed by atoms with van der Waals surface area (Å²) in [4.78, 5) is 13.5. The molecule has 0 bridgehead atoms. The van der Waals surface area contributed by atoms with E-state index in [-0.39, 0.29) is 11.9 Å². The highest BCUT2D eigenvalue weighted by atomic mass is 16.1. The molecular weight excluding hydrogens is 238 g/mol. The van der Waals surface area contributed by atoms with E-state index in [1.807, 2.05) is 13.0 Å². The molecule has 4 nitrogen and oxygen atoms in total. The van der Waals surface area contributed by atoms with Gasteiger partial charge in [0.1, 0.15) is 0 Å². The highest BCUT2D eigenvalue weighted by molar-refractivity contribution is 5.79. The molecule has 1 amide bonds. The average Bonchev–Trinajstić information content (AvgIpc) is 2.42. The Labute approximate surface area is 116 Å². The zero-order valence-electron chi connectivity index (χ0n) is 11.9. The molecule has 19 heavy (non-hydrogen) atoms. The summed E-state index contributed by atoms with van der Waals surface area (Å²) < 4.78 is 0. The van der Waals surface area contributed by atoms with Crippen LogP contribution in [-0.2, 0) is 11.2 Å². The van der Waals surface area contributed by atoms with Crippen LogP contribution in [-0.4, -0.2) is 43.5 Å². The second kappa shape index (κ2) is 8.67. The monoisotopic (exact) mass is 263 g/mol. The highest BCUT2D eigenvalue weighted by Gasteiger charge is 2.14. The van der Waals surface area contributed by atoms with E-state index in [0.717, 1.165) is 32.5 Å². The first-order valence-electron chi connectivity index (χ1n) is 6.88. The number of hydrogen-bond acceptors (Lipinski definition) is 3. The predicted octanol–water partition coefficient (Wildman–Crippen LogP) is 1.01. The second-order valence-corrected chi connectivity index (χ2v) is 4.84. The number of hydrogen-bond donors (Lipinski definition) is 2. The third-order valence-corrected chi connectivity index (χ3v) is 3.22. The van der Waals surface area contributed by atoms with Gasteiger partial charge in [0.25, 0.3) is 0 Å². The molecule has 0 saturated carbocycles. The number of benzene rings is 1. The molecule has 1 aromatic carbocycles. The summed E-state index contributed by atoms with van der Waals surface area (Å²) in [7, 11) is 2.08. The van der Waals surface area contributed by atoms with Gasteiger partial charge in [-0.05, 0) is 38.5 Å². The van der Waals surface area contributed by atoms with Crippen molar-refractivity contribution in [3.8, 4) is 0 Å². The quantitative estimate of drug-likeness (QED) is 0.699. The van der Waals surface area contributed by atoms with Crippen LogP contribution in [0.2, 0.25) is 0 Å². The van der Waals surface area contributed by atoms with E-state index in [4.69, 9.17) is 5.73 Å². The summed E-state index contributed by atoms with van der Waals surface area (Å²) in [5, 5.41) is 3.11. The van der Waals surface area contributed by atoms with E-state index < -0.39 is 0 Å². The summed E-state index contributed by atoms with van der Waals surface area (Å²) >= 11 is 0. The van der Waals surface area contributed by atoms with Gasteiger partial charge in [0.15, 0.2) is 0 Å². The Morgan fingerprint density at radius 3 is 2.58 bits per heavy atom. The zero-order chi connectivity index (χ0) is 14.1. The molecule has 0 radical (unpaired) electrons. The van der Waals surface area contributed by atoms with Crippen molar-refractivity contribution in [3.05, 3.63) is 35.9 Å². The fourth-order valence-corrected chi connectivity index (χ4v) is 2.02. The summed E-state index contributed by atoms with van der Waals surface area (Å²) in [6, 6.07) is 10.2. The predicted molar refractivity (Wildman–Crippen MR) is 78.9 cm³/mol. The fraction of sp³-hybridized carbons (Fsp3) is 0.533. The van der Waals surface area contributed by atoms with Crippen LogP contribution in [0.1, 0.15) is 18.9 Å². The van der Waals surface area contributed by atoms with Gasteiger partial charge in [-0.1, -0.05) is 37.3 Å². The smallest absolute Gasteiger partial charge is 0.234 e. The number of primary amides is 1. The van der Waals surface area contributed by atoms with Gasteiger partial charge in [0.05, 0.1) is 6.04 Å². The lowest BCUT2D eigenvalue weighted by molar-refractivity contribution is -0.120. The maximum Gasteiger partial charge on any atom is 0.234 e. The molecule has 0 aliphatic rings. The molecule has 3 N–H and O–H groups in total. The molecule has 106 valence electrons. The molecule has 1 unspecified atom stereocenters. The lowest BCUT2D eigenvalue weighted by atomic mass is 10.1. The fourth-order valence-electron chi connectivity index (χ4n) is 2.02. The Bertz CT molecular complexity index is 367. The van der Waals surface area contributed by atoms with Crippen LogP contribution in [0.25, 0.3) is 0 Å². The minimum atomic E-state index is -0.265. The average molecular weight is 263 g/mol. The molecule has 0 spiro atoms. The van der Waals surface area contributed by atoms with Crippen LogP contribution in [0.5, 0.6) is 0 Å². The molecule has 4 heteroatoms. The van der Waals surface area contributed by atoms with E-state index in [0.29, 0.717) is 0 Å². The molecule has 1 aromatic rings. The van der Waals surface area contributed by atoms with Crippen molar-refractivity contribution in [2.75, 3.05) is 26.7 Å². The van der Waals surface area contributed by atoms with Crippen LogP contribution >= 0.6 is 0 Å². The van der Waals surface area contributed by atoms with Crippen molar-refractivity contribution in [3.63, 3.8) is 0 Å². The van der Waals surface area contributed by atoms with Gasteiger partial charge in [-0.25, -0.2) is 0 Å². The number of amides is 1. The van der Waals surface area contributed by atoms with Crippen molar-refractivity contribution in [2.24, 2.45) is 5.73 Å². The molecule has 1 rings (SSSR count). The van der Waals surface area contributed by atoms with E-state index >= 15 is 0 Å². The first-order valence-corrected chi connectivity index (χ1v) is 6.88. The van der Waals surface area contributed by atoms with Gasteiger partial charge >= 0.3 is 0 Å². The molecule has 0 aromatic heterocycles. The Hall–Kier alpha value is -1.39. The van der Waals surface area contributed by atoms with Gasteiger partial charge in [0.2, 0.25) is 5.91 Å². The highest BCUT2D eigenvalue weighted by Crippen LogP contribution is 2.01. The number of nitrogens with one attached hydrogen (secondary N) is 1.